The summed E-state index contributed by atoms with van der Waals surface area (Å²) in [7, 11) is 0. The summed E-state index contributed by atoms with van der Waals surface area (Å²) in [5, 5.41) is 3.80. The van der Waals surface area contributed by atoms with Gasteiger partial charge in [0.1, 0.15) is 0 Å². The van der Waals surface area contributed by atoms with Gasteiger partial charge in [-0.2, -0.15) is 0 Å². The standard InChI is InChI=1S/C16H32N2/c1-3-8-16-11-6-7-12-18(16)14(2)13-17-15-9-4-5-10-15/h14-17H,3-13H2,1-2H3. The molecule has 1 saturated carbocycles. The molecule has 2 unspecified atom stereocenters. The molecule has 1 heterocycles. The van der Waals surface area contributed by atoms with Crippen LogP contribution in [0.1, 0.15) is 71.6 Å². The Bertz CT molecular complexity index is 221. The van der Waals surface area contributed by atoms with Crippen LogP contribution in [-0.4, -0.2) is 36.1 Å². The summed E-state index contributed by atoms with van der Waals surface area (Å²) in [4.78, 5) is 2.79. The minimum Gasteiger partial charge on any atom is -0.312 e. The summed E-state index contributed by atoms with van der Waals surface area (Å²) >= 11 is 0. The molecular weight excluding hydrogens is 220 g/mol. The molecule has 1 aliphatic carbocycles. The normalized spacial score (nSPS) is 28.7. The van der Waals surface area contributed by atoms with Gasteiger partial charge in [0.05, 0.1) is 0 Å². The third-order valence-electron chi connectivity index (χ3n) is 4.92. The fourth-order valence-electron chi connectivity index (χ4n) is 3.83. The van der Waals surface area contributed by atoms with Crippen LogP contribution in [0.15, 0.2) is 0 Å². The van der Waals surface area contributed by atoms with Gasteiger partial charge in [-0.1, -0.05) is 32.6 Å². The zero-order valence-electron chi connectivity index (χ0n) is 12.5. The van der Waals surface area contributed by atoms with E-state index in [-0.39, 0.29) is 0 Å². The second-order valence-electron chi connectivity index (χ2n) is 6.41. The SMILES string of the molecule is CCCC1CCCCN1C(C)CNC1CCCC1. The Balaban J connectivity index is 1.75. The molecule has 1 saturated heterocycles. The Morgan fingerprint density at radius 1 is 1.11 bits per heavy atom. The number of hydrogen-bond acceptors (Lipinski definition) is 2. The van der Waals surface area contributed by atoms with Crippen molar-refractivity contribution in [1.29, 1.82) is 0 Å². The maximum absolute atomic E-state index is 3.80. The fourth-order valence-corrected chi connectivity index (χ4v) is 3.83. The summed E-state index contributed by atoms with van der Waals surface area (Å²) in [6.07, 6.45) is 12.7. The molecule has 18 heavy (non-hydrogen) atoms. The van der Waals surface area contributed by atoms with Gasteiger partial charge in [-0.25, -0.2) is 0 Å². The van der Waals surface area contributed by atoms with Crippen LogP contribution < -0.4 is 5.32 Å². The minimum absolute atomic E-state index is 0.724. The molecule has 0 spiro atoms. The monoisotopic (exact) mass is 252 g/mol. The van der Waals surface area contributed by atoms with E-state index >= 15 is 0 Å². The zero-order valence-corrected chi connectivity index (χ0v) is 12.5. The molecule has 0 bridgehead atoms. The molecule has 2 atom stereocenters. The van der Waals surface area contributed by atoms with E-state index in [2.05, 4.69) is 24.1 Å². The first-order valence-corrected chi connectivity index (χ1v) is 8.30. The highest BCUT2D eigenvalue weighted by atomic mass is 15.2. The second-order valence-corrected chi connectivity index (χ2v) is 6.41. The van der Waals surface area contributed by atoms with E-state index < -0.39 is 0 Å². The summed E-state index contributed by atoms with van der Waals surface area (Å²) in [5.74, 6) is 0. The van der Waals surface area contributed by atoms with Gasteiger partial charge < -0.3 is 5.32 Å². The van der Waals surface area contributed by atoms with Crippen LogP contribution in [0.2, 0.25) is 0 Å². The van der Waals surface area contributed by atoms with E-state index in [1.807, 2.05) is 0 Å². The topological polar surface area (TPSA) is 15.3 Å². The number of likely N-dealkylation sites (tertiary alicyclic amines) is 1. The van der Waals surface area contributed by atoms with E-state index in [1.165, 1.54) is 70.9 Å². The van der Waals surface area contributed by atoms with Crippen molar-refractivity contribution < 1.29 is 0 Å². The molecule has 0 amide bonds. The van der Waals surface area contributed by atoms with Crippen molar-refractivity contribution in [2.45, 2.75) is 89.8 Å². The van der Waals surface area contributed by atoms with Gasteiger partial charge in [0, 0.05) is 24.7 Å². The number of hydrogen-bond donors (Lipinski definition) is 1. The summed E-state index contributed by atoms with van der Waals surface area (Å²) < 4.78 is 0. The maximum Gasteiger partial charge on any atom is 0.0195 e. The number of nitrogens with one attached hydrogen (secondary N) is 1. The molecule has 2 aliphatic rings. The average molecular weight is 252 g/mol. The largest absolute Gasteiger partial charge is 0.312 e. The third-order valence-corrected chi connectivity index (χ3v) is 4.92. The van der Waals surface area contributed by atoms with Gasteiger partial charge in [0.2, 0.25) is 0 Å². The van der Waals surface area contributed by atoms with Crippen LogP contribution in [0.4, 0.5) is 0 Å². The molecule has 0 aromatic carbocycles. The van der Waals surface area contributed by atoms with Crippen molar-refractivity contribution >= 4 is 0 Å². The van der Waals surface area contributed by atoms with Crippen molar-refractivity contribution in [2.75, 3.05) is 13.1 Å². The number of nitrogens with zero attached hydrogens (tertiary/aromatic N) is 1. The molecule has 0 aromatic rings. The predicted molar refractivity (Wildman–Crippen MR) is 79.0 cm³/mol. The van der Waals surface area contributed by atoms with Crippen molar-refractivity contribution in [1.82, 2.24) is 10.2 Å². The van der Waals surface area contributed by atoms with Crippen LogP contribution in [0, 0.1) is 0 Å². The molecule has 0 aromatic heterocycles. The Kier molecular flexibility index (Phi) is 5.97. The Morgan fingerprint density at radius 2 is 1.83 bits per heavy atom. The van der Waals surface area contributed by atoms with E-state index in [1.54, 1.807) is 0 Å². The number of rotatable bonds is 6. The van der Waals surface area contributed by atoms with Crippen molar-refractivity contribution in [2.24, 2.45) is 0 Å². The quantitative estimate of drug-likeness (QED) is 0.777. The summed E-state index contributed by atoms with van der Waals surface area (Å²) in [6, 6.07) is 2.41. The molecule has 2 fully saturated rings. The van der Waals surface area contributed by atoms with Crippen LogP contribution >= 0.6 is 0 Å². The van der Waals surface area contributed by atoms with Crippen LogP contribution in [0.25, 0.3) is 0 Å². The number of piperidine rings is 1. The Morgan fingerprint density at radius 3 is 2.56 bits per heavy atom. The van der Waals surface area contributed by atoms with Gasteiger partial charge in [0.15, 0.2) is 0 Å². The lowest BCUT2D eigenvalue weighted by Gasteiger charge is -2.40. The third kappa shape index (κ3) is 3.96. The van der Waals surface area contributed by atoms with Crippen LogP contribution in [-0.2, 0) is 0 Å². The summed E-state index contributed by atoms with van der Waals surface area (Å²) in [6.45, 7) is 7.28. The lowest BCUT2D eigenvalue weighted by molar-refractivity contribution is 0.0941. The van der Waals surface area contributed by atoms with Gasteiger partial charge in [0.25, 0.3) is 0 Å². The van der Waals surface area contributed by atoms with Crippen LogP contribution in [0.3, 0.4) is 0 Å². The molecule has 2 heteroatoms. The molecule has 2 rings (SSSR count). The second kappa shape index (κ2) is 7.49. The first kappa shape index (κ1) is 14.3. The first-order valence-electron chi connectivity index (χ1n) is 8.30. The molecule has 1 N–H and O–H groups in total. The molecule has 106 valence electrons. The van der Waals surface area contributed by atoms with E-state index in [9.17, 15) is 0 Å². The molecular formula is C16H32N2. The Labute approximate surface area is 114 Å². The van der Waals surface area contributed by atoms with E-state index in [4.69, 9.17) is 0 Å². The zero-order chi connectivity index (χ0) is 12.8. The smallest absolute Gasteiger partial charge is 0.0195 e. The minimum atomic E-state index is 0.724. The summed E-state index contributed by atoms with van der Waals surface area (Å²) in [5.41, 5.74) is 0. The highest BCUT2D eigenvalue weighted by Crippen LogP contribution is 2.23. The Hall–Kier alpha value is -0.0800. The van der Waals surface area contributed by atoms with Crippen molar-refractivity contribution in [3.8, 4) is 0 Å². The highest BCUT2D eigenvalue weighted by molar-refractivity contribution is 4.83. The van der Waals surface area contributed by atoms with Gasteiger partial charge >= 0.3 is 0 Å². The van der Waals surface area contributed by atoms with Crippen molar-refractivity contribution in [3.63, 3.8) is 0 Å². The van der Waals surface area contributed by atoms with Gasteiger partial charge in [-0.15, -0.1) is 0 Å². The highest BCUT2D eigenvalue weighted by Gasteiger charge is 2.26. The predicted octanol–water partition coefficient (Wildman–Crippen LogP) is 3.56. The molecule has 1 aliphatic heterocycles. The molecule has 2 nitrogen and oxygen atoms in total. The van der Waals surface area contributed by atoms with E-state index in [0.29, 0.717) is 0 Å². The molecule has 0 radical (unpaired) electrons. The maximum atomic E-state index is 3.80. The van der Waals surface area contributed by atoms with E-state index in [0.717, 1.165) is 18.1 Å². The first-order chi connectivity index (χ1) is 8.81. The van der Waals surface area contributed by atoms with Gasteiger partial charge in [-0.05, 0) is 45.6 Å². The average Bonchev–Trinajstić information content (AvgIpc) is 2.90. The fraction of sp³-hybridized carbons (Fsp3) is 1.00. The van der Waals surface area contributed by atoms with Crippen LogP contribution in [0.5, 0.6) is 0 Å². The lowest BCUT2D eigenvalue weighted by Crippen LogP contribution is -2.49. The van der Waals surface area contributed by atoms with Gasteiger partial charge in [-0.3, -0.25) is 4.90 Å². The lowest BCUT2D eigenvalue weighted by atomic mass is 9.96. The van der Waals surface area contributed by atoms with Crippen molar-refractivity contribution in [3.05, 3.63) is 0 Å².